The Morgan fingerprint density at radius 1 is 1.15 bits per heavy atom. The van der Waals surface area contributed by atoms with Gasteiger partial charge in [-0.1, -0.05) is 37.5 Å². The molecule has 0 radical (unpaired) electrons. The van der Waals surface area contributed by atoms with E-state index < -0.39 is 51.3 Å². The number of hydrogen-bond donors (Lipinski definition) is 4. The Labute approximate surface area is 223 Å². The van der Waals surface area contributed by atoms with Crippen LogP contribution in [0.3, 0.4) is 0 Å². The van der Waals surface area contributed by atoms with E-state index in [0.717, 1.165) is 18.4 Å². The van der Waals surface area contributed by atoms with E-state index in [-0.39, 0.29) is 5.82 Å². The van der Waals surface area contributed by atoms with Gasteiger partial charge in [-0.2, -0.15) is 0 Å². The lowest BCUT2D eigenvalue weighted by molar-refractivity contribution is -0.129. The van der Waals surface area contributed by atoms with Gasteiger partial charge < -0.3 is 29.3 Å². The molecule has 15 heteroatoms. The van der Waals surface area contributed by atoms with Crippen molar-refractivity contribution >= 4 is 30.8 Å². The lowest BCUT2D eigenvalue weighted by atomic mass is 10.1. The number of urea groups is 1. The molecule has 2 saturated heterocycles. The number of amides is 2. The minimum atomic E-state index is -4.76. The van der Waals surface area contributed by atoms with E-state index in [9.17, 15) is 19.1 Å². The first-order chi connectivity index (χ1) is 18.8. The summed E-state index contributed by atoms with van der Waals surface area (Å²) in [7, 11) is -4.76. The van der Waals surface area contributed by atoms with Crippen molar-refractivity contribution in [3.05, 3.63) is 48.5 Å². The molecule has 206 valence electrons. The molecule has 4 N–H and O–H groups in total. The number of imidazole rings is 1. The molecule has 2 aliphatic rings. The fourth-order valence-electron chi connectivity index (χ4n) is 4.26. The van der Waals surface area contributed by atoms with Gasteiger partial charge in [-0.3, -0.25) is 14.4 Å². The van der Waals surface area contributed by atoms with Crippen molar-refractivity contribution in [2.75, 3.05) is 18.5 Å². The molecule has 2 aromatic heterocycles. The number of unbranched alkanes of at least 4 members (excludes halogenated alkanes) is 1. The molecule has 4 heterocycles. The first kappa shape index (κ1) is 27.2. The van der Waals surface area contributed by atoms with Crippen LogP contribution in [0.15, 0.2) is 43.0 Å². The second-order valence-corrected chi connectivity index (χ2v) is 10.0. The van der Waals surface area contributed by atoms with Gasteiger partial charge in [0.2, 0.25) is 6.29 Å². The van der Waals surface area contributed by atoms with Crippen molar-refractivity contribution in [2.45, 2.75) is 50.6 Å². The molecule has 39 heavy (non-hydrogen) atoms. The zero-order valence-electron chi connectivity index (χ0n) is 20.8. The summed E-state index contributed by atoms with van der Waals surface area (Å²) in [6.07, 6.45) is 0.378. The smallest absolute Gasteiger partial charge is 0.347 e. The predicted molar refractivity (Wildman–Crippen MR) is 136 cm³/mol. The van der Waals surface area contributed by atoms with Crippen LogP contribution in [0.5, 0.6) is 0 Å². The largest absolute Gasteiger partial charge is 0.469 e. The van der Waals surface area contributed by atoms with E-state index in [1.54, 1.807) is 4.57 Å². The maximum atomic E-state index is 12.3. The molecule has 14 nitrogen and oxygen atoms in total. The average Bonchev–Trinajstić information content (AvgIpc) is 3.61. The number of nitrogens with one attached hydrogen (secondary N) is 2. The maximum Gasteiger partial charge on any atom is 0.469 e. The standard InChI is InChI=1S/C24H27N6O8P/c1-2-3-11-25-24(31)29-21-18-22(27-13-26-21)30(14-28-18)23-20-19(16(36-23)12-35-39(32,33)34)37-17(38-20)10-9-15-7-5-4-6-8-15/h4-8,13-14,16-17,19-20,23H,2-3,11-12H2,1H3,(H2,32,33,34)(H2,25,26,27,29,31)/t16-,17?,19?,20?,23?/m1/s1. The van der Waals surface area contributed by atoms with E-state index in [1.807, 2.05) is 37.3 Å². The zero-order valence-corrected chi connectivity index (χ0v) is 21.7. The van der Waals surface area contributed by atoms with Crippen molar-refractivity contribution in [3.63, 3.8) is 0 Å². The molecular formula is C24H27N6O8P. The molecule has 2 fully saturated rings. The fourth-order valence-corrected chi connectivity index (χ4v) is 4.60. The van der Waals surface area contributed by atoms with Gasteiger partial charge in [-0.25, -0.2) is 24.3 Å². The number of fused-ring (bicyclic) bond motifs is 2. The molecule has 0 spiro atoms. The van der Waals surface area contributed by atoms with Gasteiger partial charge in [0, 0.05) is 12.1 Å². The van der Waals surface area contributed by atoms with Crippen molar-refractivity contribution in [1.82, 2.24) is 24.8 Å². The van der Waals surface area contributed by atoms with Crippen LogP contribution in [0.2, 0.25) is 0 Å². The van der Waals surface area contributed by atoms with E-state index in [1.165, 1.54) is 12.7 Å². The number of carbonyl (C=O) groups excluding carboxylic acids is 1. The summed E-state index contributed by atoms with van der Waals surface area (Å²) in [5, 5.41) is 5.43. The van der Waals surface area contributed by atoms with E-state index in [0.29, 0.717) is 17.7 Å². The summed E-state index contributed by atoms with van der Waals surface area (Å²) in [6, 6.07) is 8.87. The van der Waals surface area contributed by atoms with Gasteiger partial charge in [0.15, 0.2) is 23.2 Å². The van der Waals surface area contributed by atoms with Gasteiger partial charge >= 0.3 is 13.9 Å². The summed E-state index contributed by atoms with van der Waals surface area (Å²) >= 11 is 0. The first-order valence-corrected chi connectivity index (χ1v) is 13.8. The van der Waals surface area contributed by atoms with Crippen LogP contribution >= 0.6 is 7.82 Å². The van der Waals surface area contributed by atoms with Gasteiger partial charge in [-0.05, 0) is 24.5 Å². The molecule has 0 aliphatic carbocycles. The Balaban J connectivity index is 1.39. The number of ether oxygens (including phenoxy) is 3. The van der Waals surface area contributed by atoms with Gasteiger partial charge in [0.25, 0.3) is 0 Å². The zero-order chi connectivity index (χ0) is 27.4. The third-order valence-corrected chi connectivity index (χ3v) is 6.53. The molecule has 4 unspecified atom stereocenters. The summed E-state index contributed by atoms with van der Waals surface area (Å²) in [5.74, 6) is 6.12. The van der Waals surface area contributed by atoms with Crippen LogP contribution in [0.1, 0.15) is 31.6 Å². The molecule has 2 amide bonds. The Hall–Kier alpha value is -3.41. The maximum absolute atomic E-state index is 12.3. The molecule has 1 aromatic carbocycles. The lowest BCUT2D eigenvalue weighted by Gasteiger charge is -2.20. The predicted octanol–water partition coefficient (Wildman–Crippen LogP) is 1.92. The van der Waals surface area contributed by atoms with Gasteiger partial charge in [-0.15, -0.1) is 0 Å². The van der Waals surface area contributed by atoms with Crippen molar-refractivity contribution in [1.29, 1.82) is 0 Å². The van der Waals surface area contributed by atoms with Crippen LogP contribution in [0, 0.1) is 11.8 Å². The lowest BCUT2D eigenvalue weighted by Crippen LogP contribution is -2.31. The summed E-state index contributed by atoms with van der Waals surface area (Å²) in [4.78, 5) is 43.5. The average molecular weight is 558 g/mol. The summed E-state index contributed by atoms with van der Waals surface area (Å²) in [6.45, 7) is 2.10. The number of nitrogens with zero attached hydrogens (tertiary/aromatic N) is 4. The van der Waals surface area contributed by atoms with Crippen molar-refractivity contribution in [3.8, 4) is 11.8 Å². The number of hydrogen-bond acceptors (Lipinski definition) is 9. The van der Waals surface area contributed by atoms with Crippen LogP contribution in [0.25, 0.3) is 11.2 Å². The highest BCUT2D eigenvalue weighted by molar-refractivity contribution is 7.46. The monoisotopic (exact) mass is 558 g/mol. The normalized spacial score (nSPS) is 24.2. The SMILES string of the molecule is CCCCNC(=O)Nc1ncnc2c1ncn2C1O[C@H](COP(=O)(O)O)C2OC(C#Cc3ccccc3)OC21. The quantitative estimate of drug-likeness (QED) is 0.180. The molecule has 5 rings (SSSR count). The number of benzene rings is 1. The molecule has 3 aromatic rings. The number of aromatic nitrogens is 4. The van der Waals surface area contributed by atoms with Gasteiger partial charge in [0.1, 0.15) is 24.6 Å². The Morgan fingerprint density at radius 3 is 2.72 bits per heavy atom. The van der Waals surface area contributed by atoms with E-state index >= 15 is 0 Å². The number of rotatable bonds is 8. The molecule has 2 aliphatic heterocycles. The topological polar surface area (TPSA) is 179 Å². The van der Waals surface area contributed by atoms with Crippen LogP contribution < -0.4 is 10.6 Å². The van der Waals surface area contributed by atoms with Crippen LogP contribution in [-0.2, 0) is 23.3 Å². The highest BCUT2D eigenvalue weighted by Gasteiger charge is 2.54. The first-order valence-electron chi connectivity index (χ1n) is 12.3. The van der Waals surface area contributed by atoms with Crippen LogP contribution in [0.4, 0.5) is 10.6 Å². The molecular weight excluding hydrogens is 531 g/mol. The number of phosphoric acid groups is 1. The minimum absolute atomic E-state index is 0.207. The highest BCUT2D eigenvalue weighted by Crippen LogP contribution is 2.43. The highest BCUT2D eigenvalue weighted by atomic mass is 31.2. The Morgan fingerprint density at radius 2 is 1.95 bits per heavy atom. The van der Waals surface area contributed by atoms with E-state index in [2.05, 4.69) is 37.4 Å². The van der Waals surface area contributed by atoms with Gasteiger partial charge in [0.05, 0.1) is 12.9 Å². The van der Waals surface area contributed by atoms with Crippen molar-refractivity contribution < 1.29 is 37.9 Å². The second-order valence-electron chi connectivity index (χ2n) is 8.80. The van der Waals surface area contributed by atoms with Crippen LogP contribution in [-0.4, -0.2) is 73.1 Å². The fraction of sp³-hybridized carbons (Fsp3) is 0.417. The second kappa shape index (κ2) is 11.8. The summed E-state index contributed by atoms with van der Waals surface area (Å²) < 4.78 is 35.7. The van der Waals surface area contributed by atoms with E-state index in [4.69, 9.17) is 18.7 Å². The minimum Gasteiger partial charge on any atom is -0.347 e. The molecule has 0 saturated carbocycles. The Bertz CT molecular complexity index is 1420. The number of carbonyl (C=O) groups is 1. The molecule has 5 atom stereocenters. The number of anilines is 1. The number of phosphoric ester groups is 1. The third kappa shape index (κ3) is 6.43. The summed E-state index contributed by atoms with van der Waals surface area (Å²) in [5.41, 5.74) is 1.43. The molecule has 0 bridgehead atoms. The van der Waals surface area contributed by atoms with Crippen molar-refractivity contribution in [2.24, 2.45) is 0 Å². The Kier molecular flexibility index (Phi) is 8.20. The third-order valence-electron chi connectivity index (χ3n) is 6.04.